The van der Waals surface area contributed by atoms with Crippen molar-refractivity contribution in [1.29, 1.82) is 5.41 Å². The molecule has 9 nitrogen and oxygen atoms in total. The number of nitrogens with zero attached hydrogens (tertiary/aromatic N) is 1. The molecule has 0 aliphatic carbocycles. The first-order chi connectivity index (χ1) is 14.1. The molecule has 0 spiro atoms. The largest absolute Gasteiger partial charge is 0.475 e. The molecule has 3 rings (SSSR count). The summed E-state index contributed by atoms with van der Waals surface area (Å²) in [7, 11) is 1.62. The Hall–Kier alpha value is -3.24. The Kier molecular flexibility index (Phi) is 6.93. The Bertz CT molecular complexity index is 940. The van der Waals surface area contributed by atoms with Gasteiger partial charge in [-0.2, -0.15) is 0 Å². The van der Waals surface area contributed by atoms with Crippen LogP contribution in [0.1, 0.15) is 10.4 Å². The second kappa shape index (κ2) is 9.80. The first kappa shape index (κ1) is 20.5. The van der Waals surface area contributed by atoms with Gasteiger partial charge >= 0.3 is 0 Å². The second-order valence-electron chi connectivity index (χ2n) is 5.97. The van der Waals surface area contributed by atoms with E-state index in [9.17, 15) is 9.59 Å². The molecule has 1 aliphatic heterocycles. The van der Waals surface area contributed by atoms with Crippen LogP contribution in [0.5, 0.6) is 5.88 Å². The van der Waals surface area contributed by atoms with Gasteiger partial charge in [-0.3, -0.25) is 15.0 Å². The average Bonchev–Trinajstić information content (AvgIpc) is 3.22. The molecule has 0 radical (unpaired) electrons. The molecule has 2 aromatic rings. The minimum absolute atomic E-state index is 0.0735. The number of ether oxygens (including phenoxy) is 2. The van der Waals surface area contributed by atoms with Crippen LogP contribution in [0, 0.1) is 5.41 Å². The lowest BCUT2D eigenvalue weighted by atomic mass is 10.2. The van der Waals surface area contributed by atoms with Crippen LogP contribution in [0.4, 0.5) is 0 Å². The highest BCUT2D eigenvalue weighted by molar-refractivity contribution is 7.13. The Morgan fingerprint density at radius 1 is 1.21 bits per heavy atom. The summed E-state index contributed by atoms with van der Waals surface area (Å²) >= 11 is 1.40. The van der Waals surface area contributed by atoms with Crippen molar-refractivity contribution in [2.75, 3.05) is 33.4 Å². The number of hydrogen-bond donors (Lipinski definition) is 4. The number of amides is 2. The number of pyridine rings is 1. The van der Waals surface area contributed by atoms with Gasteiger partial charge in [-0.1, -0.05) is 0 Å². The van der Waals surface area contributed by atoms with Gasteiger partial charge in [-0.05, 0) is 17.7 Å². The highest BCUT2D eigenvalue weighted by Crippen LogP contribution is 2.29. The molecule has 0 saturated carbocycles. The maximum atomic E-state index is 12.6. The average molecular weight is 415 g/mol. The summed E-state index contributed by atoms with van der Waals surface area (Å²) < 4.78 is 11.0. The molecule has 29 heavy (non-hydrogen) atoms. The predicted octanol–water partition coefficient (Wildman–Crippen LogP) is 1.15. The smallest absolute Gasteiger partial charge is 0.271 e. The van der Waals surface area contributed by atoms with E-state index in [0.717, 1.165) is 10.4 Å². The van der Waals surface area contributed by atoms with Gasteiger partial charge in [0.2, 0.25) is 5.88 Å². The Morgan fingerprint density at radius 3 is 2.90 bits per heavy atom. The standard InChI is InChI=1S/C19H21N5O4S/c1-21-10-14-17(20)19(26)23-4-5-27-6-7-28-16-9-12(2-3-22-16)15-8-13(11-29-15)18(25)24-14/h2-3,8-11,20-21H,4-7H2,1H3,(H,23,26)(H,24,25)/b14-10+,20-17?. The lowest BCUT2D eigenvalue weighted by molar-refractivity contribution is -0.115. The van der Waals surface area contributed by atoms with E-state index in [1.165, 1.54) is 17.5 Å². The van der Waals surface area contributed by atoms with Gasteiger partial charge in [0.15, 0.2) is 0 Å². The van der Waals surface area contributed by atoms with Gasteiger partial charge in [-0.15, -0.1) is 11.3 Å². The van der Waals surface area contributed by atoms with Crippen LogP contribution >= 0.6 is 11.3 Å². The van der Waals surface area contributed by atoms with Crippen LogP contribution in [-0.2, 0) is 9.53 Å². The Labute approximate surface area is 171 Å². The molecular formula is C19H21N5O4S. The fourth-order valence-electron chi connectivity index (χ4n) is 2.51. The minimum atomic E-state index is -0.613. The number of carbonyl (C=O) groups excluding carboxylic acids is 2. The first-order valence-corrected chi connectivity index (χ1v) is 9.78. The van der Waals surface area contributed by atoms with Crippen LogP contribution < -0.4 is 20.7 Å². The summed E-state index contributed by atoms with van der Waals surface area (Å²) in [5.41, 5.74) is 1.02. The molecule has 10 heteroatoms. The SMILES string of the molecule is CN/C=C1/NC(=O)c2csc(c2)-c2ccnc(c2)OCCOCCNC(=O)C1=N. The van der Waals surface area contributed by atoms with E-state index >= 15 is 0 Å². The fraction of sp³-hybridized carbons (Fsp3) is 0.263. The zero-order valence-corrected chi connectivity index (χ0v) is 16.6. The van der Waals surface area contributed by atoms with Gasteiger partial charge in [0, 0.05) is 42.3 Å². The number of nitrogens with one attached hydrogen (secondary N) is 4. The highest BCUT2D eigenvalue weighted by Gasteiger charge is 2.19. The van der Waals surface area contributed by atoms with Crippen molar-refractivity contribution in [3.63, 3.8) is 0 Å². The van der Waals surface area contributed by atoms with E-state index < -0.39 is 11.8 Å². The second-order valence-corrected chi connectivity index (χ2v) is 6.89. The van der Waals surface area contributed by atoms with Gasteiger partial charge < -0.3 is 25.4 Å². The van der Waals surface area contributed by atoms with E-state index in [1.54, 1.807) is 30.8 Å². The van der Waals surface area contributed by atoms with Crippen LogP contribution in [0.25, 0.3) is 10.4 Å². The molecule has 0 saturated heterocycles. The third-order valence-corrected chi connectivity index (χ3v) is 4.90. The zero-order chi connectivity index (χ0) is 20.6. The Morgan fingerprint density at radius 2 is 2.07 bits per heavy atom. The van der Waals surface area contributed by atoms with Crippen molar-refractivity contribution in [3.05, 3.63) is 47.2 Å². The zero-order valence-electron chi connectivity index (χ0n) is 15.8. The monoisotopic (exact) mass is 415 g/mol. The van der Waals surface area contributed by atoms with Crippen molar-refractivity contribution in [3.8, 4) is 16.3 Å². The number of carbonyl (C=O) groups is 2. The van der Waals surface area contributed by atoms with Crippen LogP contribution in [0.2, 0.25) is 0 Å². The number of hydrogen-bond acceptors (Lipinski definition) is 8. The highest BCUT2D eigenvalue weighted by atomic mass is 32.1. The van der Waals surface area contributed by atoms with E-state index in [-0.39, 0.29) is 24.6 Å². The molecule has 0 fully saturated rings. The topological polar surface area (TPSA) is 125 Å². The van der Waals surface area contributed by atoms with Crippen LogP contribution in [0.15, 0.2) is 41.7 Å². The molecule has 2 amide bonds. The number of rotatable bonds is 1. The molecule has 0 unspecified atom stereocenters. The van der Waals surface area contributed by atoms with Crippen molar-refractivity contribution < 1.29 is 19.1 Å². The van der Waals surface area contributed by atoms with Gasteiger partial charge in [-0.25, -0.2) is 4.98 Å². The third-order valence-electron chi connectivity index (χ3n) is 3.92. The summed E-state index contributed by atoms with van der Waals surface area (Å²) in [6, 6.07) is 5.38. The van der Waals surface area contributed by atoms with Gasteiger partial charge in [0.25, 0.3) is 11.8 Å². The molecule has 4 bridgehead atoms. The molecule has 2 aromatic heterocycles. The molecular weight excluding hydrogens is 394 g/mol. The molecule has 3 heterocycles. The normalized spacial score (nSPS) is 17.6. The van der Waals surface area contributed by atoms with E-state index in [4.69, 9.17) is 14.9 Å². The van der Waals surface area contributed by atoms with Crippen LogP contribution in [-0.4, -0.2) is 55.9 Å². The van der Waals surface area contributed by atoms with Gasteiger partial charge in [0.1, 0.15) is 12.3 Å². The third kappa shape index (κ3) is 5.39. The molecule has 152 valence electrons. The molecule has 4 N–H and O–H groups in total. The van der Waals surface area contributed by atoms with E-state index in [1.807, 2.05) is 6.07 Å². The molecule has 1 aliphatic rings. The van der Waals surface area contributed by atoms with E-state index in [0.29, 0.717) is 24.7 Å². The summed E-state index contributed by atoms with van der Waals surface area (Å²) in [6.45, 7) is 1.14. The first-order valence-electron chi connectivity index (χ1n) is 8.90. The van der Waals surface area contributed by atoms with Crippen molar-refractivity contribution in [2.24, 2.45) is 0 Å². The maximum absolute atomic E-state index is 12.6. The fourth-order valence-corrected chi connectivity index (χ4v) is 3.40. The van der Waals surface area contributed by atoms with Gasteiger partial charge in [0.05, 0.1) is 24.5 Å². The Balaban J connectivity index is 1.88. The lowest BCUT2D eigenvalue weighted by Crippen LogP contribution is -2.39. The summed E-state index contributed by atoms with van der Waals surface area (Å²) in [5, 5.41) is 17.7. The summed E-state index contributed by atoms with van der Waals surface area (Å²) in [5.74, 6) is -0.563. The minimum Gasteiger partial charge on any atom is -0.475 e. The summed E-state index contributed by atoms with van der Waals surface area (Å²) in [4.78, 5) is 29.9. The number of fused-ring (bicyclic) bond motifs is 5. The van der Waals surface area contributed by atoms with Crippen LogP contribution in [0.3, 0.4) is 0 Å². The summed E-state index contributed by atoms with van der Waals surface area (Å²) in [6.07, 6.45) is 3.04. The maximum Gasteiger partial charge on any atom is 0.271 e. The van der Waals surface area contributed by atoms with E-state index in [2.05, 4.69) is 20.9 Å². The molecule has 0 atom stereocenters. The lowest BCUT2D eigenvalue weighted by Gasteiger charge is -2.12. The molecule has 0 aromatic carbocycles. The van der Waals surface area contributed by atoms with Crippen molar-refractivity contribution >= 4 is 28.9 Å². The quantitative estimate of drug-likeness (QED) is 0.554. The predicted molar refractivity (Wildman–Crippen MR) is 109 cm³/mol. The number of thiophene rings is 1. The van der Waals surface area contributed by atoms with Crippen molar-refractivity contribution in [2.45, 2.75) is 0 Å². The number of aromatic nitrogens is 1. The van der Waals surface area contributed by atoms with Crippen molar-refractivity contribution in [1.82, 2.24) is 20.9 Å².